The van der Waals surface area contributed by atoms with Crippen molar-refractivity contribution in [3.05, 3.63) is 48.9 Å². The van der Waals surface area contributed by atoms with Crippen LogP contribution in [-0.4, -0.2) is 5.54 Å². The summed E-state index contributed by atoms with van der Waals surface area (Å²) >= 11 is 0. The molecule has 0 spiro atoms. The number of hydrogen-bond donors (Lipinski definition) is 0. The maximum Gasteiger partial charge on any atom is 4.00 e. The summed E-state index contributed by atoms with van der Waals surface area (Å²) in [5.74, 6) is 0. The van der Waals surface area contributed by atoms with Gasteiger partial charge < -0.3 is 20.6 Å². The van der Waals surface area contributed by atoms with Crippen molar-refractivity contribution in [2.24, 2.45) is 0 Å². The van der Waals surface area contributed by atoms with E-state index >= 15 is 0 Å². The quantitative estimate of drug-likeness (QED) is 0.447. The van der Waals surface area contributed by atoms with Crippen molar-refractivity contribution < 1.29 is 21.7 Å². The molecule has 1 nitrogen and oxygen atoms in total. The van der Waals surface area contributed by atoms with E-state index in [9.17, 15) is 0 Å². The fourth-order valence-corrected chi connectivity index (χ4v) is 1.13. The van der Waals surface area contributed by atoms with E-state index in [1.165, 1.54) is 22.3 Å². The molecule has 98 valence electrons. The number of aryl methyl sites for hydroxylation is 2. The molecule has 0 heterocycles. The predicted molar refractivity (Wildman–Crippen MR) is 77.9 cm³/mol. The summed E-state index contributed by atoms with van der Waals surface area (Å²) in [4.78, 5) is 0. The van der Waals surface area contributed by atoms with E-state index in [2.05, 4.69) is 33.8 Å². The molecule has 0 aromatic heterocycles. The Morgan fingerprint density at radius 2 is 1.00 bits per heavy atom. The zero-order valence-corrected chi connectivity index (χ0v) is 14.6. The third-order valence-electron chi connectivity index (χ3n) is 2.18. The molecule has 0 saturated heterocycles. The first-order chi connectivity index (χ1) is 6.13. The Kier molecular flexibility index (Phi) is 15.2. The second-order valence-corrected chi connectivity index (χ2v) is 5.01. The van der Waals surface area contributed by atoms with Crippen LogP contribution in [0.5, 0.6) is 0 Å². The third kappa shape index (κ3) is 12.3. The van der Waals surface area contributed by atoms with Gasteiger partial charge in [-0.3, -0.25) is 0 Å². The van der Waals surface area contributed by atoms with E-state index in [-0.39, 0.29) is 42.1 Å². The molecule has 1 N–H and O–H groups in total. The van der Waals surface area contributed by atoms with Crippen molar-refractivity contribution in [3.63, 3.8) is 0 Å². The minimum Gasteiger partial charge on any atom is -0.673 e. The molecule has 0 atom stereocenters. The van der Waals surface area contributed by atoms with Crippen LogP contribution in [0.2, 0.25) is 0 Å². The molecule has 1 aromatic rings. The van der Waals surface area contributed by atoms with Gasteiger partial charge in [0.05, 0.1) is 0 Å². The topological polar surface area (TPSA) is 23.8 Å². The SMILES string of the molecule is CC(C)(C)[NH-].Cc1[cH-]c(C)c(C)c1C.[CH3-].[CH3-].[Ti+4]. The average Bonchev–Trinajstić information content (AvgIpc) is 2.14. The van der Waals surface area contributed by atoms with Crippen LogP contribution >= 0.6 is 0 Å². The maximum atomic E-state index is 6.94. The first-order valence-corrected chi connectivity index (χ1v) is 5.08. The Hall–Kier alpha value is 0.0243. The average molecular weight is 271 g/mol. The van der Waals surface area contributed by atoms with E-state index in [0.29, 0.717) is 0 Å². The van der Waals surface area contributed by atoms with E-state index in [4.69, 9.17) is 5.73 Å². The smallest absolute Gasteiger partial charge is 0.673 e. The van der Waals surface area contributed by atoms with Crippen LogP contribution in [0.25, 0.3) is 5.73 Å². The third-order valence-corrected chi connectivity index (χ3v) is 2.18. The van der Waals surface area contributed by atoms with Gasteiger partial charge in [0, 0.05) is 0 Å². The minimum absolute atomic E-state index is 0. The molecule has 0 unspecified atom stereocenters. The summed E-state index contributed by atoms with van der Waals surface area (Å²) in [7, 11) is 0. The van der Waals surface area contributed by atoms with Gasteiger partial charge in [-0.15, -0.1) is 5.54 Å². The van der Waals surface area contributed by atoms with Crippen LogP contribution in [0, 0.1) is 42.5 Å². The van der Waals surface area contributed by atoms with Crippen LogP contribution in [-0.2, 0) is 21.7 Å². The second-order valence-electron chi connectivity index (χ2n) is 5.01. The maximum absolute atomic E-state index is 6.94. The van der Waals surface area contributed by atoms with Gasteiger partial charge in [0.25, 0.3) is 0 Å². The van der Waals surface area contributed by atoms with Gasteiger partial charge in [-0.05, 0) is 0 Å². The Morgan fingerprint density at radius 1 is 0.824 bits per heavy atom. The van der Waals surface area contributed by atoms with Gasteiger partial charge in [-0.1, -0.05) is 48.5 Å². The Balaban J connectivity index is -0.0000000948. The van der Waals surface area contributed by atoms with Crippen molar-refractivity contribution >= 4 is 0 Å². The summed E-state index contributed by atoms with van der Waals surface area (Å²) in [6, 6.07) is 2.24. The summed E-state index contributed by atoms with van der Waals surface area (Å²) in [5.41, 5.74) is 12.4. The number of rotatable bonds is 0. The standard InChI is InChI=1S/C9H13.C4H10N.2CH3.Ti/c1-6-5-7(2)9(4)8(6)3;1-4(2,3)5;;;/h5H,1-4H3;5H,1-3H3;2*1H3;/q4*-1;+4. The summed E-state index contributed by atoms with van der Waals surface area (Å²) in [6.07, 6.45) is 0. The Labute approximate surface area is 124 Å². The zero-order chi connectivity index (χ0) is 11.5. The van der Waals surface area contributed by atoms with Crippen molar-refractivity contribution in [2.75, 3.05) is 0 Å². The Bertz CT molecular complexity index is 264. The van der Waals surface area contributed by atoms with E-state index in [1.54, 1.807) is 0 Å². The van der Waals surface area contributed by atoms with E-state index in [0.717, 1.165) is 0 Å². The molecule has 2 heteroatoms. The molecule has 0 aliphatic carbocycles. The zero-order valence-electron chi connectivity index (χ0n) is 13.1. The number of hydrogen-bond acceptors (Lipinski definition) is 0. The summed E-state index contributed by atoms with van der Waals surface area (Å²) in [5, 5.41) is 0. The molecule has 0 bridgehead atoms. The summed E-state index contributed by atoms with van der Waals surface area (Å²) in [6.45, 7) is 14.2. The molecule has 0 amide bonds. The molecule has 1 aromatic carbocycles. The van der Waals surface area contributed by atoms with Gasteiger partial charge in [-0.2, -0.15) is 28.3 Å². The fourth-order valence-electron chi connectivity index (χ4n) is 1.13. The van der Waals surface area contributed by atoms with Crippen LogP contribution in [0.15, 0.2) is 6.07 Å². The second kappa shape index (κ2) is 9.99. The Morgan fingerprint density at radius 3 is 1.06 bits per heavy atom. The van der Waals surface area contributed by atoms with Crippen LogP contribution in [0.3, 0.4) is 0 Å². The van der Waals surface area contributed by atoms with Crippen LogP contribution < -0.4 is 0 Å². The van der Waals surface area contributed by atoms with Gasteiger partial charge in [0.15, 0.2) is 0 Å². The van der Waals surface area contributed by atoms with E-state index < -0.39 is 0 Å². The molecule has 0 fully saturated rings. The molecule has 0 saturated carbocycles. The normalized spacial score (nSPS) is 8.94. The molecular weight excluding hydrogens is 242 g/mol. The molecule has 0 aliphatic rings. The minimum atomic E-state index is -0.250. The van der Waals surface area contributed by atoms with Crippen molar-refractivity contribution in [3.8, 4) is 0 Å². The van der Waals surface area contributed by atoms with E-state index in [1.807, 2.05) is 20.8 Å². The number of nitrogens with one attached hydrogen (secondary N) is 1. The van der Waals surface area contributed by atoms with Gasteiger partial charge >= 0.3 is 21.7 Å². The van der Waals surface area contributed by atoms with Gasteiger partial charge in [0.1, 0.15) is 0 Å². The van der Waals surface area contributed by atoms with Crippen molar-refractivity contribution in [1.29, 1.82) is 0 Å². The summed E-state index contributed by atoms with van der Waals surface area (Å²) < 4.78 is 0. The van der Waals surface area contributed by atoms with Crippen molar-refractivity contribution in [2.45, 2.75) is 54.0 Å². The van der Waals surface area contributed by atoms with Gasteiger partial charge in [0.2, 0.25) is 0 Å². The fraction of sp³-hybridized carbons (Fsp3) is 0.533. The first-order valence-electron chi connectivity index (χ1n) is 5.08. The largest absolute Gasteiger partial charge is 4.00 e. The van der Waals surface area contributed by atoms with Crippen molar-refractivity contribution in [1.82, 2.24) is 0 Å². The van der Waals surface area contributed by atoms with Crippen LogP contribution in [0.4, 0.5) is 0 Å². The molecular formula is C15H29NTi. The molecule has 0 aliphatic heterocycles. The first kappa shape index (κ1) is 25.8. The van der Waals surface area contributed by atoms with Crippen LogP contribution in [0.1, 0.15) is 43.0 Å². The molecule has 1 rings (SSSR count). The molecule has 0 radical (unpaired) electrons. The predicted octanol–water partition coefficient (Wildman–Crippen LogP) is 5.37. The molecule has 17 heavy (non-hydrogen) atoms. The van der Waals surface area contributed by atoms with Gasteiger partial charge in [-0.25, -0.2) is 0 Å². The monoisotopic (exact) mass is 271 g/mol.